The maximum atomic E-state index is 11.9. The molecule has 2 amide bonds. The monoisotopic (exact) mass is 306 g/mol. The first-order valence-corrected chi connectivity index (χ1v) is 6.50. The van der Waals surface area contributed by atoms with Gasteiger partial charge in [-0.05, 0) is 20.8 Å². The second kappa shape index (κ2) is 6.14. The van der Waals surface area contributed by atoms with Crippen molar-refractivity contribution in [2.24, 2.45) is 0 Å². The Morgan fingerprint density at radius 2 is 1.57 bits per heavy atom. The fourth-order valence-electron chi connectivity index (χ4n) is 1.99. The average molecular weight is 306 g/mol. The first-order valence-electron chi connectivity index (χ1n) is 6.50. The first kappa shape index (κ1) is 17.6. The Morgan fingerprint density at radius 1 is 1.10 bits per heavy atom. The lowest BCUT2D eigenvalue weighted by Gasteiger charge is -2.38. The van der Waals surface area contributed by atoms with Gasteiger partial charge in [0, 0.05) is 12.8 Å². The molecular formula is C12H22N2O7. The second-order valence-corrected chi connectivity index (χ2v) is 6.15. The van der Waals surface area contributed by atoms with Crippen molar-refractivity contribution < 1.29 is 34.8 Å². The minimum absolute atomic E-state index is 0.465. The summed E-state index contributed by atoms with van der Waals surface area (Å²) >= 11 is 0. The average Bonchev–Trinajstić information content (AvgIpc) is 2.30. The lowest BCUT2D eigenvalue weighted by atomic mass is 9.79. The van der Waals surface area contributed by atoms with Crippen molar-refractivity contribution in [1.29, 1.82) is 0 Å². The molecular weight excluding hydrogens is 284 g/mol. The summed E-state index contributed by atoms with van der Waals surface area (Å²) in [5, 5.41) is 38.5. The molecule has 1 aliphatic rings. The van der Waals surface area contributed by atoms with Crippen molar-refractivity contribution in [3.8, 4) is 0 Å². The molecule has 122 valence electrons. The molecule has 1 saturated carbocycles. The van der Waals surface area contributed by atoms with Crippen molar-refractivity contribution in [2.45, 2.75) is 63.1 Å². The van der Waals surface area contributed by atoms with Gasteiger partial charge in [0.25, 0.3) is 5.91 Å². The van der Waals surface area contributed by atoms with Gasteiger partial charge in [0.2, 0.25) is 0 Å². The van der Waals surface area contributed by atoms with Crippen molar-refractivity contribution in [3.63, 3.8) is 0 Å². The zero-order valence-corrected chi connectivity index (χ0v) is 12.2. The van der Waals surface area contributed by atoms with Crippen LogP contribution in [0.3, 0.4) is 0 Å². The number of hydrogen-bond donors (Lipinski definition) is 6. The number of ether oxygens (including phenoxy) is 1. The molecule has 0 aromatic heterocycles. The zero-order chi connectivity index (χ0) is 16.4. The van der Waals surface area contributed by atoms with Gasteiger partial charge < -0.3 is 25.2 Å². The van der Waals surface area contributed by atoms with Gasteiger partial charge in [-0.2, -0.15) is 0 Å². The Bertz CT molecular complexity index is 395. The number of carbonyl (C=O) groups excluding carboxylic acids is 2. The van der Waals surface area contributed by atoms with Gasteiger partial charge >= 0.3 is 6.09 Å². The molecule has 1 fully saturated rings. The van der Waals surface area contributed by atoms with Crippen LogP contribution in [-0.2, 0) is 9.53 Å². The molecule has 1 aliphatic carbocycles. The highest BCUT2D eigenvalue weighted by atomic mass is 16.6. The molecule has 9 heteroatoms. The summed E-state index contributed by atoms with van der Waals surface area (Å²) in [6.45, 7) is 4.91. The Hall–Kier alpha value is -1.42. The Labute approximate surface area is 121 Å². The van der Waals surface area contributed by atoms with Crippen molar-refractivity contribution in [3.05, 3.63) is 0 Å². The van der Waals surface area contributed by atoms with Gasteiger partial charge in [-0.25, -0.2) is 10.2 Å². The highest BCUT2D eigenvalue weighted by molar-refractivity contribution is 5.86. The predicted molar refractivity (Wildman–Crippen MR) is 69.7 cm³/mol. The van der Waals surface area contributed by atoms with E-state index >= 15 is 0 Å². The summed E-state index contributed by atoms with van der Waals surface area (Å²) in [6.07, 6.45) is -6.19. The number of nitrogens with one attached hydrogen (secondary N) is 2. The third-order valence-corrected chi connectivity index (χ3v) is 2.98. The highest BCUT2D eigenvalue weighted by Gasteiger charge is 2.48. The first-order chi connectivity index (χ1) is 9.44. The molecule has 21 heavy (non-hydrogen) atoms. The van der Waals surface area contributed by atoms with Gasteiger partial charge in [0.15, 0.2) is 0 Å². The van der Waals surface area contributed by atoms with E-state index in [1.165, 1.54) is 0 Å². The summed E-state index contributed by atoms with van der Waals surface area (Å²) < 4.78 is 4.88. The number of hydrazine groups is 1. The molecule has 0 unspecified atom stereocenters. The number of hydrogen-bond acceptors (Lipinski definition) is 7. The van der Waals surface area contributed by atoms with E-state index in [9.17, 15) is 30.0 Å². The van der Waals surface area contributed by atoms with Crippen LogP contribution in [0.5, 0.6) is 0 Å². The van der Waals surface area contributed by atoms with E-state index in [0.29, 0.717) is 0 Å². The smallest absolute Gasteiger partial charge is 0.426 e. The van der Waals surface area contributed by atoms with Gasteiger partial charge in [0.1, 0.15) is 17.3 Å². The van der Waals surface area contributed by atoms with E-state index in [4.69, 9.17) is 4.74 Å². The summed E-state index contributed by atoms with van der Waals surface area (Å²) in [5.41, 5.74) is 1.05. The molecule has 0 bridgehead atoms. The Balaban J connectivity index is 2.57. The fourth-order valence-corrected chi connectivity index (χ4v) is 1.99. The summed E-state index contributed by atoms with van der Waals surface area (Å²) in [7, 11) is 0. The second-order valence-electron chi connectivity index (χ2n) is 6.15. The molecule has 0 saturated heterocycles. The predicted octanol–water partition coefficient (Wildman–Crippen LogP) is -1.85. The standard InChI is InChI=1S/C12H22N2O7/c1-11(2,3)21-10(19)14-13-9(18)12(20)4-6(15)8(17)7(16)5-12/h6-8,15-17,20H,4-5H2,1-3H3,(H,13,18)(H,14,19)/t6-,7-,8?,12?/m1/s1. The van der Waals surface area contributed by atoms with Gasteiger partial charge in [-0.3, -0.25) is 10.2 Å². The quantitative estimate of drug-likeness (QED) is 0.311. The number of carbonyl (C=O) groups is 2. The Morgan fingerprint density at radius 3 is 2.00 bits per heavy atom. The van der Waals surface area contributed by atoms with E-state index < -0.39 is 54.4 Å². The van der Waals surface area contributed by atoms with Crippen molar-refractivity contribution in [1.82, 2.24) is 10.9 Å². The molecule has 1 rings (SSSR count). The number of amides is 2. The fraction of sp³-hybridized carbons (Fsp3) is 0.833. The van der Waals surface area contributed by atoms with Crippen LogP contribution in [0.4, 0.5) is 4.79 Å². The van der Waals surface area contributed by atoms with Crippen molar-refractivity contribution >= 4 is 12.0 Å². The molecule has 0 aromatic rings. The van der Waals surface area contributed by atoms with Gasteiger partial charge in [-0.15, -0.1) is 0 Å². The van der Waals surface area contributed by atoms with Gasteiger partial charge in [-0.1, -0.05) is 0 Å². The lowest BCUT2D eigenvalue weighted by molar-refractivity contribution is -0.173. The van der Waals surface area contributed by atoms with Crippen LogP contribution >= 0.6 is 0 Å². The summed E-state index contributed by atoms with van der Waals surface area (Å²) in [6, 6.07) is 0. The number of rotatable bonds is 1. The highest BCUT2D eigenvalue weighted by Crippen LogP contribution is 2.29. The molecule has 9 nitrogen and oxygen atoms in total. The minimum atomic E-state index is -2.10. The lowest BCUT2D eigenvalue weighted by Crippen LogP contribution is -2.61. The summed E-state index contributed by atoms with van der Waals surface area (Å²) in [4.78, 5) is 23.2. The normalized spacial score (nSPS) is 33.2. The molecule has 0 aliphatic heterocycles. The van der Waals surface area contributed by atoms with Crippen LogP contribution < -0.4 is 10.9 Å². The molecule has 0 spiro atoms. The van der Waals surface area contributed by atoms with E-state index in [1.807, 2.05) is 10.9 Å². The minimum Gasteiger partial charge on any atom is -0.443 e. The maximum absolute atomic E-state index is 11.9. The Kier molecular flexibility index (Phi) is 5.16. The molecule has 0 radical (unpaired) electrons. The van der Waals surface area contributed by atoms with Gasteiger partial charge in [0.05, 0.1) is 12.2 Å². The van der Waals surface area contributed by atoms with E-state index in [0.717, 1.165) is 0 Å². The van der Waals surface area contributed by atoms with Crippen LogP contribution in [0.25, 0.3) is 0 Å². The summed E-state index contributed by atoms with van der Waals surface area (Å²) in [5.74, 6) is -1.02. The molecule has 2 atom stereocenters. The number of aliphatic hydroxyl groups is 4. The SMILES string of the molecule is CC(C)(C)OC(=O)NNC(=O)C1(O)C[C@@H](O)C(O)[C@H](O)C1. The zero-order valence-electron chi connectivity index (χ0n) is 12.2. The topological polar surface area (TPSA) is 148 Å². The third-order valence-electron chi connectivity index (χ3n) is 2.98. The number of aliphatic hydroxyl groups excluding tert-OH is 3. The van der Waals surface area contributed by atoms with Crippen LogP contribution in [0.1, 0.15) is 33.6 Å². The van der Waals surface area contributed by atoms with Crippen molar-refractivity contribution in [2.75, 3.05) is 0 Å². The molecule has 6 N–H and O–H groups in total. The van der Waals surface area contributed by atoms with Crippen LogP contribution in [0.15, 0.2) is 0 Å². The van der Waals surface area contributed by atoms with Crippen LogP contribution in [0.2, 0.25) is 0 Å². The largest absolute Gasteiger partial charge is 0.443 e. The van der Waals surface area contributed by atoms with E-state index in [1.54, 1.807) is 20.8 Å². The molecule has 0 aromatic carbocycles. The van der Waals surface area contributed by atoms with E-state index in [-0.39, 0.29) is 0 Å². The van der Waals surface area contributed by atoms with E-state index in [2.05, 4.69) is 0 Å². The van der Waals surface area contributed by atoms with Crippen LogP contribution in [-0.4, -0.2) is 61.9 Å². The molecule has 0 heterocycles. The third kappa shape index (κ3) is 4.81. The maximum Gasteiger partial charge on any atom is 0.426 e. The van der Waals surface area contributed by atoms with Crippen LogP contribution in [0, 0.1) is 0 Å².